The molecule has 0 saturated heterocycles. The lowest BCUT2D eigenvalue weighted by atomic mass is 10.1. The molecule has 68 valence electrons. The predicted octanol–water partition coefficient (Wildman–Crippen LogP) is 3.75. The smallest absolute Gasteiger partial charge is 0.0174 e. The fraction of sp³-hybridized carbons (Fsp3) is 0.385. The van der Waals surface area contributed by atoms with Gasteiger partial charge in [-0.3, -0.25) is 0 Å². The summed E-state index contributed by atoms with van der Waals surface area (Å²) in [7, 11) is 0. The molecule has 1 saturated carbocycles. The van der Waals surface area contributed by atoms with Gasteiger partial charge in [-0.1, -0.05) is 48.9 Å². The van der Waals surface area contributed by atoms with Crippen molar-refractivity contribution in [1.29, 1.82) is 0 Å². The maximum Gasteiger partial charge on any atom is -0.0174 e. The van der Waals surface area contributed by atoms with Crippen LogP contribution in [0.1, 0.15) is 25.8 Å². The zero-order valence-electron chi connectivity index (χ0n) is 8.33. The molecule has 0 spiro atoms. The van der Waals surface area contributed by atoms with Crippen LogP contribution in [0.2, 0.25) is 0 Å². The average Bonchev–Trinajstić information content (AvgIpc) is 2.84. The van der Waals surface area contributed by atoms with E-state index in [4.69, 9.17) is 0 Å². The summed E-state index contributed by atoms with van der Waals surface area (Å²) >= 11 is 0. The van der Waals surface area contributed by atoms with Gasteiger partial charge < -0.3 is 0 Å². The zero-order chi connectivity index (χ0) is 9.26. The molecule has 13 heavy (non-hydrogen) atoms. The molecule has 0 radical (unpaired) electrons. The molecule has 1 aromatic carbocycles. The van der Waals surface area contributed by atoms with Crippen LogP contribution in [0.4, 0.5) is 0 Å². The van der Waals surface area contributed by atoms with Crippen molar-refractivity contribution in [1.82, 2.24) is 0 Å². The van der Waals surface area contributed by atoms with Crippen molar-refractivity contribution >= 4 is 6.08 Å². The summed E-state index contributed by atoms with van der Waals surface area (Å²) in [6.07, 6.45) is 3.70. The van der Waals surface area contributed by atoms with Crippen molar-refractivity contribution in [2.45, 2.75) is 20.3 Å². The molecule has 0 nitrogen and oxygen atoms in total. The summed E-state index contributed by atoms with van der Waals surface area (Å²) < 4.78 is 0. The first-order valence-corrected chi connectivity index (χ1v) is 5.00. The highest BCUT2D eigenvalue weighted by Gasteiger charge is 2.33. The zero-order valence-corrected chi connectivity index (χ0v) is 8.33. The van der Waals surface area contributed by atoms with Gasteiger partial charge in [0.15, 0.2) is 0 Å². The maximum atomic E-state index is 2.33. The van der Waals surface area contributed by atoms with E-state index in [1.165, 1.54) is 12.0 Å². The van der Waals surface area contributed by atoms with Crippen LogP contribution in [-0.4, -0.2) is 0 Å². The molecule has 0 amide bonds. The Labute approximate surface area is 80.3 Å². The predicted molar refractivity (Wildman–Crippen MR) is 57.4 cm³/mol. The van der Waals surface area contributed by atoms with E-state index in [1.807, 2.05) is 0 Å². The van der Waals surface area contributed by atoms with Gasteiger partial charge in [-0.05, 0) is 30.7 Å². The summed E-state index contributed by atoms with van der Waals surface area (Å²) in [5, 5.41) is 0. The Morgan fingerprint density at radius 2 is 1.92 bits per heavy atom. The van der Waals surface area contributed by atoms with E-state index >= 15 is 0 Å². The van der Waals surface area contributed by atoms with Gasteiger partial charge in [0.25, 0.3) is 0 Å². The van der Waals surface area contributed by atoms with Gasteiger partial charge in [-0.25, -0.2) is 0 Å². The lowest BCUT2D eigenvalue weighted by molar-refractivity contribution is 0.861. The summed E-state index contributed by atoms with van der Waals surface area (Å²) in [4.78, 5) is 0. The third-order valence-corrected chi connectivity index (χ3v) is 2.89. The van der Waals surface area contributed by atoms with Gasteiger partial charge in [0.1, 0.15) is 0 Å². The van der Waals surface area contributed by atoms with Crippen molar-refractivity contribution in [3.63, 3.8) is 0 Å². The van der Waals surface area contributed by atoms with E-state index in [-0.39, 0.29) is 0 Å². The van der Waals surface area contributed by atoms with Gasteiger partial charge >= 0.3 is 0 Å². The van der Waals surface area contributed by atoms with Gasteiger partial charge in [0.05, 0.1) is 0 Å². The highest BCUT2D eigenvalue weighted by Crippen LogP contribution is 2.43. The fourth-order valence-corrected chi connectivity index (χ4v) is 1.88. The first-order chi connectivity index (χ1) is 6.27. The van der Waals surface area contributed by atoms with Crippen molar-refractivity contribution in [3.05, 3.63) is 41.5 Å². The molecule has 1 aromatic rings. The molecule has 2 unspecified atom stereocenters. The highest BCUT2D eigenvalue weighted by atomic mass is 14.4. The summed E-state index contributed by atoms with van der Waals surface area (Å²) in [5.41, 5.74) is 2.87. The van der Waals surface area contributed by atoms with Gasteiger partial charge in [-0.2, -0.15) is 0 Å². The van der Waals surface area contributed by atoms with Crippen LogP contribution in [0.5, 0.6) is 0 Å². The maximum absolute atomic E-state index is 2.33. The molecule has 0 N–H and O–H groups in total. The molecule has 0 aromatic heterocycles. The normalized spacial score (nSPS) is 27.4. The standard InChI is InChI=1S/C13H16/c1-10(13-9-11(13)2)8-12-6-4-3-5-7-12/h3-8,11,13H,9H2,1-2H3/b10-8+. The van der Waals surface area contributed by atoms with E-state index in [2.05, 4.69) is 50.3 Å². The number of rotatable bonds is 2. The van der Waals surface area contributed by atoms with Gasteiger partial charge in [0.2, 0.25) is 0 Å². The monoisotopic (exact) mass is 172 g/mol. The second-order valence-corrected chi connectivity index (χ2v) is 4.12. The van der Waals surface area contributed by atoms with Crippen molar-refractivity contribution < 1.29 is 0 Å². The minimum atomic E-state index is 0.861. The molecular formula is C13H16. The average molecular weight is 172 g/mol. The van der Waals surface area contributed by atoms with Gasteiger partial charge in [0, 0.05) is 0 Å². The second kappa shape index (κ2) is 3.37. The van der Waals surface area contributed by atoms with Crippen LogP contribution in [0, 0.1) is 11.8 Å². The Morgan fingerprint density at radius 3 is 2.46 bits per heavy atom. The van der Waals surface area contributed by atoms with Crippen molar-refractivity contribution in [2.75, 3.05) is 0 Å². The van der Waals surface area contributed by atoms with Crippen LogP contribution in [-0.2, 0) is 0 Å². The molecular weight excluding hydrogens is 156 g/mol. The lowest BCUT2D eigenvalue weighted by Gasteiger charge is -1.98. The molecule has 0 bridgehead atoms. The summed E-state index contributed by atoms with van der Waals surface area (Å²) in [5.74, 6) is 1.78. The van der Waals surface area contributed by atoms with Crippen LogP contribution < -0.4 is 0 Å². The topological polar surface area (TPSA) is 0 Å². The molecule has 2 atom stereocenters. The van der Waals surface area contributed by atoms with Crippen molar-refractivity contribution in [3.8, 4) is 0 Å². The second-order valence-electron chi connectivity index (χ2n) is 4.12. The largest absolute Gasteiger partial charge is 0.0694 e. The van der Waals surface area contributed by atoms with Crippen LogP contribution in [0.15, 0.2) is 35.9 Å². The van der Waals surface area contributed by atoms with Crippen LogP contribution in [0.25, 0.3) is 6.08 Å². The molecule has 0 heteroatoms. The number of hydrogen-bond donors (Lipinski definition) is 0. The number of allylic oxidation sites excluding steroid dienone is 1. The van der Waals surface area contributed by atoms with Crippen LogP contribution in [0.3, 0.4) is 0 Å². The first-order valence-electron chi connectivity index (χ1n) is 5.00. The van der Waals surface area contributed by atoms with Crippen LogP contribution >= 0.6 is 0 Å². The molecule has 1 fully saturated rings. The SMILES string of the molecule is C/C(=C\c1ccccc1)C1CC1C. The molecule has 0 heterocycles. The minimum absolute atomic E-state index is 0.861. The Hall–Kier alpha value is -1.04. The third-order valence-electron chi connectivity index (χ3n) is 2.89. The van der Waals surface area contributed by atoms with E-state index in [0.29, 0.717) is 0 Å². The Balaban J connectivity index is 2.12. The van der Waals surface area contributed by atoms with E-state index in [9.17, 15) is 0 Å². The Morgan fingerprint density at radius 1 is 1.31 bits per heavy atom. The summed E-state index contributed by atoms with van der Waals surface area (Å²) in [6.45, 7) is 4.58. The molecule has 0 aliphatic heterocycles. The quantitative estimate of drug-likeness (QED) is 0.637. The third kappa shape index (κ3) is 2.00. The lowest BCUT2D eigenvalue weighted by Crippen LogP contribution is -1.81. The number of hydrogen-bond acceptors (Lipinski definition) is 0. The first kappa shape index (κ1) is 8.55. The van der Waals surface area contributed by atoms with Gasteiger partial charge in [-0.15, -0.1) is 0 Å². The Bertz CT molecular complexity index is 308. The summed E-state index contributed by atoms with van der Waals surface area (Å²) in [6, 6.07) is 10.6. The van der Waals surface area contributed by atoms with Crippen molar-refractivity contribution in [2.24, 2.45) is 11.8 Å². The molecule has 2 rings (SSSR count). The molecule has 1 aliphatic carbocycles. The van der Waals surface area contributed by atoms with E-state index in [0.717, 1.165) is 11.8 Å². The molecule has 1 aliphatic rings. The van der Waals surface area contributed by atoms with E-state index in [1.54, 1.807) is 5.57 Å². The minimum Gasteiger partial charge on any atom is -0.0694 e. The Kier molecular flexibility index (Phi) is 2.22. The van der Waals surface area contributed by atoms with E-state index < -0.39 is 0 Å². The number of benzene rings is 1. The fourth-order valence-electron chi connectivity index (χ4n) is 1.88. The highest BCUT2D eigenvalue weighted by molar-refractivity contribution is 5.53.